The Morgan fingerprint density at radius 2 is 1.91 bits per heavy atom. The molecule has 1 N–H and O–H groups in total. The summed E-state index contributed by atoms with van der Waals surface area (Å²) >= 11 is 0. The highest BCUT2D eigenvalue weighted by molar-refractivity contribution is 5.82. The second-order valence-electron chi connectivity index (χ2n) is 10.6. The van der Waals surface area contributed by atoms with Crippen molar-refractivity contribution in [2.24, 2.45) is 11.3 Å². The van der Waals surface area contributed by atoms with Crippen LogP contribution in [0.15, 0.2) is 36.4 Å². The van der Waals surface area contributed by atoms with E-state index in [0.29, 0.717) is 28.8 Å². The van der Waals surface area contributed by atoms with Gasteiger partial charge in [0.05, 0.1) is 11.0 Å². The number of nitrogens with one attached hydrogen (secondary N) is 1. The summed E-state index contributed by atoms with van der Waals surface area (Å²) in [5, 5.41) is 3.47. The Morgan fingerprint density at radius 3 is 2.52 bits per heavy atom. The standard InChI is InChI=1S/C27H34FN3O2/c1-16(2)19-7-9-20(10-8-19)29-26-30-23-13-25(33-18(4)32)22(28)12-24(23)31(26)21-11-17(3)14-27(5,6)15-21/h7-10,12-13,16-17,21H,11,14-15H2,1-6H3,(H,29,30)/t17-,21+/m0/s1. The zero-order valence-corrected chi connectivity index (χ0v) is 20.4. The van der Waals surface area contributed by atoms with Crippen molar-refractivity contribution in [3.8, 4) is 5.75 Å². The van der Waals surface area contributed by atoms with E-state index in [1.54, 1.807) is 0 Å². The highest BCUT2D eigenvalue weighted by Gasteiger charge is 2.35. The number of carbonyl (C=O) groups excluding carboxylic acids is 1. The Hall–Kier alpha value is -2.89. The lowest BCUT2D eigenvalue weighted by molar-refractivity contribution is -0.132. The summed E-state index contributed by atoms with van der Waals surface area (Å²) in [6, 6.07) is 11.5. The second kappa shape index (κ2) is 8.81. The number of anilines is 2. The van der Waals surface area contributed by atoms with Gasteiger partial charge in [-0.3, -0.25) is 4.79 Å². The highest BCUT2D eigenvalue weighted by Crippen LogP contribution is 2.46. The second-order valence-corrected chi connectivity index (χ2v) is 10.6. The number of hydrogen-bond acceptors (Lipinski definition) is 4. The lowest BCUT2D eigenvalue weighted by Gasteiger charge is -2.40. The summed E-state index contributed by atoms with van der Waals surface area (Å²) in [6.07, 6.45) is 3.15. The predicted molar refractivity (Wildman–Crippen MR) is 131 cm³/mol. The maximum absolute atomic E-state index is 14.9. The molecule has 1 fully saturated rings. The number of carbonyl (C=O) groups is 1. The molecule has 1 saturated carbocycles. The zero-order valence-electron chi connectivity index (χ0n) is 20.4. The molecular weight excluding hydrogens is 417 g/mol. The van der Waals surface area contributed by atoms with Crippen LogP contribution in [0.3, 0.4) is 0 Å². The number of ether oxygens (including phenoxy) is 1. The normalized spacial score (nSPS) is 20.2. The molecule has 1 aliphatic carbocycles. The third-order valence-electron chi connectivity index (χ3n) is 6.56. The Balaban J connectivity index is 1.81. The first-order chi connectivity index (χ1) is 15.5. The maximum Gasteiger partial charge on any atom is 0.308 e. The van der Waals surface area contributed by atoms with Gasteiger partial charge < -0.3 is 14.6 Å². The summed E-state index contributed by atoms with van der Waals surface area (Å²) in [6.45, 7) is 12.5. The molecule has 0 unspecified atom stereocenters. The SMILES string of the molecule is CC(=O)Oc1cc2nc(Nc3ccc(C(C)C)cc3)n([C@@H]3C[C@H](C)CC(C)(C)C3)c2cc1F. The van der Waals surface area contributed by atoms with Crippen molar-refractivity contribution in [2.45, 2.75) is 72.8 Å². The van der Waals surface area contributed by atoms with Gasteiger partial charge in [-0.15, -0.1) is 0 Å². The number of esters is 1. The van der Waals surface area contributed by atoms with E-state index in [2.05, 4.69) is 68.8 Å². The van der Waals surface area contributed by atoms with Gasteiger partial charge in [-0.1, -0.05) is 46.8 Å². The van der Waals surface area contributed by atoms with Crippen LogP contribution in [0.1, 0.15) is 78.3 Å². The Labute approximate surface area is 195 Å². The third-order valence-corrected chi connectivity index (χ3v) is 6.56. The van der Waals surface area contributed by atoms with Crippen LogP contribution in [-0.4, -0.2) is 15.5 Å². The maximum atomic E-state index is 14.9. The van der Waals surface area contributed by atoms with Crippen LogP contribution in [0.2, 0.25) is 0 Å². The molecule has 6 heteroatoms. The molecule has 5 nitrogen and oxygen atoms in total. The van der Waals surface area contributed by atoms with Crippen LogP contribution in [0.5, 0.6) is 5.75 Å². The summed E-state index contributed by atoms with van der Waals surface area (Å²) in [4.78, 5) is 16.2. The first-order valence-electron chi connectivity index (χ1n) is 11.8. The molecule has 0 aliphatic heterocycles. The molecule has 3 aromatic rings. The van der Waals surface area contributed by atoms with Gasteiger partial charge in [0.1, 0.15) is 0 Å². The summed E-state index contributed by atoms with van der Waals surface area (Å²) in [5.41, 5.74) is 3.69. The van der Waals surface area contributed by atoms with E-state index in [0.717, 1.165) is 18.5 Å². The Morgan fingerprint density at radius 1 is 1.21 bits per heavy atom. The number of nitrogens with zero attached hydrogens (tertiary/aromatic N) is 2. The minimum atomic E-state index is -0.560. The van der Waals surface area contributed by atoms with Gasteiger partial charge in [0, 0.05) is 30.8 Å². The molecule has 0 bridgehead atoms. The molecule has 2 atom stereocenters. The average Bonchev–Trinajstić information content (AvgIpc) is 3.03. The van der Waals surface area contributed by atoms with E-state index in [4.69, 9.17) is 9.72 Å². The van der Waals surface area contributed by atoms with Gasteiger partial charge in [-0.25, -0.2) is 9.37 Å². The number of benzene rings is 2. The number of rotatable bonds is 5. The van der Waals surface area contributed by atoms with E-state index in [9.17, 15) is 9.18 Å². The van der Waals surface area contributed by atoms with Crippen LogP contribution in [0, 0.1) is 17.2 Å². The van der Waals surface area contributed by atoms with Crippen molar-refractivity contribution in [1.82, 2.24) is 9.55 Å². The van der Waals surface area contributed by atoms with Crippen LogP contribution in [0.4, 0.5) is 16.0 Å². The Bertz CT molecular complexity index is 1160. The first-order valence-corrected chi connectivity index (χ1v) is 11.8. The number of imidazole rings is 1. The molecule has 0 saturated heterocycles. The summed E-state index contributed by atoms with van der Waals surface area (Å²) < 4.78 is 22.1. The van der Waals surface area contributed by atoms with Gasteiger partial charge in [0.2, 0.25) is 5.95 Å². The van der Waals surface area contributed by atoms with E-state index < -0.39 is 11.8 Å². The predicted octanol–water partition coefficient (Wildman–Crippen LogP) is 7.36. The highest BCUT2D eigenvalue weighted by atomic mass is 19.1. The van der Waals surface area contributed by atoms with E-state index >= 15 is 0 Å². The minimum absolute atomic E-state index is 0.0928. The number of halogens is 1. The monoisotopic (exact) mass is 451 g/mol. The molecule has 2 aromatic carbocycles. The molecule has 33 heavy (non-hydrogen) atoms. The van der Waals surface area contributed by atoms with Crippen molar-refractivity contribution >= 4 is 28.6 Å². The number of aromatic nitrogens is 2. The van der Waals surface area contributed by atoms with Crippen molar-refractivity contribution in [3.05, 3.63) is 47.8 Å². The van der Waals surface area contributed by atoms with Gasteiger partial charge in [0.15, 0.2) is 11.6 Å². The molecule has 0 spiro atoms. The fourth-order valence-electron chi connectivity index (χ4n) is 5.36. The van der Waals surface area contributed by atoms with Crippen molar-refractivity contribution in [3.63, 3.8) is 0 Å². The van der Waals surface area contributed by atoms with Crippen LogP contribution in [-0.2, 0) is 4.79 Å². The van der Waals surface area contributed by atoms with Crippen molar-refractivity contribution < 1.29 is 13.9 Å². The van der Waals surface area contributed by atoms with E-state index in [1.165, 1.54) is 31.0 Å². The van der Waals surface area contributed by atoms with Crippen LogP contribution < -0.4 is 10.1 Å². The zero-order chi connectivity index (χ0) is 23.9. The first kappa shape index (κ1) is 23.3. The largest absolute Gasteiger partial charge is 0.423 e. The number of hydrogen-bond donors (Lipinski definition) is 1. The van der Waals surface area contributed by atoms with Crippen molar-refractivity contribution in [2.75, 3.05) is 5.32 Å². The van der Waals surface area contributed by atoms with Gasteiger partial charge >= 0.3 is 5.97 Å². The molecule has 1 aliphatic rings. The average molecular weight is 452 g/mol. The summed E-state index contributed by atoms with van der Waals surface area (Å²) in [7, 11) is 0. The fourth-order valence-corrected chi connectivity index (χ4v) is 5.36. The molecule has 4 rings (SSSR count). The van der Waals surface area contributed by atoms with Gasteiger partial charge in [-0.05, 0) is 54.2 Å². The smallest absolute Gasteiger partial charge is 0.308 e. The molecule has 1 aromatic heterocycles. The van der Waals surface area contributed by atoms with E-state index in [-0.39, 0.29) is 17.2 Å². The van der Waals surface area contributed by atoms with Gasteiger partial charge in [-0.2, -0.15) is 0 Å². The fraction of sp³-hybridized carbons (Fsp3) is 0.481. The molecule has 0 amide bonds. The minimum Gasteiger partial charge on any atom is -0.423 e. The van der Waals surface area contributed by atoms with E-state index in [1.807, 2.05) is 0 Å². The Kier molecular flexibility index (Phi) is 6.21. The quantitative estimate of drug-likeness (QED) is 0.325. The molecule has 176 valence electrons. The number of fused-ring (bicyclic) bond motifs is 1. The van der Waals surface area contributed by atoms with Crippen LogP contribution in [0.25, 0.3) is 11.0 Å². The molecular formula is C27H34FN3O2. The topological polar surface area (TPSA) is 56.1 Å². The van der Waals surface area contributed by atoms with Crippen molar-refractivity contribution in [1.29, 1.82) is 0 Å². The lowest BCUT2D eigenvalue weighted by atomic mass is 9.70. The lowest BCUT2D eigenvalue weighted by Crippen LogP contribution is -2.29. The van der Waals surface area contributed by atoms with Gasteiger partial charge in [0.25, 0.3) is 0 Å². The van der Waals surface area contributed by atoms with Crippen LogP contribution >= 0.6 is 0 Å². The molecule has 0 radical (unpaired) electrons. The third kappa shape index (κ3) is 5.05. The summed E-state index contributed by atoms with van der Waals surface area (Å²) in [5.74, 6) is 0.479. The molecule has 1 heterocycles.